The van der Waals surface area contributed by atoms with Gasteiger partial charge in [-0.1, -0.05) is 30.9 Å². The predicted molar refractivity (Wildman–Crippen MR) is 73.2 cm³/mol. The van der Waals surface area contributed by atoms with Crippen LogP contribution in [0.5, 0.6) is 5.75 Å². The number of hydrogen-bond acceptors (Lipinski definition) is 3. The Labute approximate surface area is 117 Å². The van der Waals surface area contributed by atoms with Crippen molar-refractivity contribution in [3.05, 3.63) is 42.5 Å². The van der Waals surface area contributed by atoms with Gasteiger partial charge in [0.2, 0.25) is 5.91 Å². The average molecular weight is 275 g/mol. The molecule has 1 amide bonds. The summed E-state index contributed by atoms with van der Waals surface area (Å²) >= 11 is 0. The normalized spacial score (nSPS) is 20.0. The van der Waals surface area contributed by atoms with E-state index in [0.29, 0.717) is 25.3 Å². The molecule has 1 aromatic rings. The third-order valence-corrected chi connectivity index (χ3v) is 3.23. The maximum atomic E-state index is 11.8. The SMILES string of the molecule is C=CCOc1ccccc1CNC(=O)C1CC1C(=O)O. The summed E-state index contributed by atoms with van der Waals surface area (Å²) < 4.78 is 5.49. The van der Waals surface area contributed by atoms with Gasteiger partial charge in [0.15, 0.2) is 0 Å². The first-order valence-electron chi connectivity index (χ1n) is 6.45. The third kappa shape index (κ3) is 3.38. The van der Waals surface area contributed by atoms with Crippen LogP contribution >= 0.6 is 0 Å². The Kier molecular flexibility index (Phi) is 4.40. The molecule has 0 aromatic heterocycles. The van der Waals surface area contributed by atoms with Crippen molar-refractivity contribution >= 4 is 11.9 Å². The van der Waals surface area contributed by atoms with Crippen LogP contribution in [0.25, 0.3) is 0 Å². The molecule has 1 fully saturated rings. The molecule has 2 rings (SSSR count). The minimum absolute atomic E-state index is 0.212. The highest BCUT2D eigenvalue weighted by atomic mass is 16.5. The van der Waals surface area contributed by atoms with Crippen LogP contribution in [0.4, 0.5) is 0 Å². The Hall–Kier alpha value is -2.30. The van der Waals surface area contributed by atoms with Crippen molar-refractivity contribution in [3.63, 3.8) is 0 Å². The van der Waals surface area contributed by atoms with Crippen LogP contribution in [0.3, 0.4) is 0 Å². The number of ether oxygens (including phenoxy) is 1. The summed E-state index contributed by atoms with van der Waals surface area (Å²) in [6, 6.07) is 7.40. The third-order valence-electron chi connectivity index (χ3n) is 3.23. The number of nitrogens with one attached hydrogen (secondary N) is 1. The quantitative estimate of drug-likeness (QED) is 0.741. The van der Waals surface area contributed by atoms with Gasteiger partial charge in [0.05, 0.1) is 11.8 Å². The summed E-state index contributed by atoms with van der Waals surface area (Å²) in [6.45, 7) is 4.31. The van der Waals surface area contributed by atoms with Gasteiger partial charge in [0, 0.05) is 12.1 Å². The minimum atomic E-state index is -0.903. The Morgan fingerprint density at radius 2 is 2.15 bits per heavy atom. The molecular formula is C15H17NO4. The predicted octanol–water partition coefficient (Wildman–Crippen LogP) is 1.59. The number of carboxylic acids is 1. The molecule has 5 heteroatoms. The second-order valence-electron chi connectivity index (χ2n) is 4.71. The lowest BCUT2D eigenvalue weighted by molar-refractivity contribution is -0.140. The van der Waals surface area contributed by atoms with E-state index in [2.05, 4.69) is 11.9 Å². The highest BCUT2D eigenvalue weighted by Gasteiger charge is 2.48. The number of para-hydroxylation sites is 1. The molecule has 2 atom stereocenters. The number of amides is 1. The van der Waals surface area contributed by atoms with Gasteiger partial charge in [-0.2, -0.15) is 0 Å². The van der Waals surface area contributed by atoms with Crippen molar-refractivity contribution in [3.8, 4) is 5.75 Å². The Bertz CT molecular complexity index is 526. The molecule has 0 heterocycles. The second-order valence-corrected chi connectivity index (χ2v) is 4.71. The van der Waals surface area contributed by atoms with Crippen molar-refractivity contribution in [2.75, 3.05) is 6.61 Å². The van der Waals surface area contributed by atoms with Gasteiger partial charge in [-0.25, -0.2) is 0 Å². The van der Waals surface area contributed by atoms with E-state index in [4.69, 9.17) is 9.84 Å². The molecule has 0 radical (unpaired) electrons. The van der Waals surface area contributed by atoms with Crippen molar-refractivity contribution in [1.29, 1.82) is 0 Å². The molecule has 1 aliphatic carbocycles. The standard InChI is InChI=1S/C15H17NO4/c1-2-7-20-13-6-4-3-5-10(13)9-16-14(17)11-8-12(11)15(18)19/h2-6,11-12H,1,7-9H2,(H,16,17)(H,18,19). The van der Waals surface area contributed by atoms with Gasteiger partial charge < -0.3 is 15.2 Å². The number of hydrogen-bond donors (Lipinski definition) is 2. The van der Waals surface area contributed by atoms with E-state index in [-0.39, 0.29) is 5.91 Å². The van der Waals surface area contributed by atoms with E-state index in [1.165, 1.54) is 0 Å². The van der Waals surface area contributed by atoms with Gasteiger partial charge in [-0.05, 0) is 12.5 Å². The number of carboxylic acid groups (broad SMARTS) is 1. The van der Waals surface area contributed by atoms with Crippen molar-refractivity contribution < 1.29 is 19.4 Å². The average Bonchev–Trinajstić information content (AvgIpc) is 3.24. The lowest BCUT2D eigenvalue weighted by Crippen LogP contribution is -2.26. The molecule has 0 spiro atoms. The summed E-state index contributed by atoms with van der Waals surface area (Å²) in [5, 5.41) is 11.5. The maximum Gasteiger partial charge on any atom is 0.307 e. The molecule has 0 bridgehead atoms. The van der Waals surface area contributed by atoms with Crippen LogP contribution in [0, 0.1) is 11.8 Å². The van der Waals surface area contributed by atoms with Crippen LogP contribution in [-0.2, 0) is 16.1 Å². The summed E-state index contributed by atoms with van der Waals surface area (Å²) in [7, 11) is 0. The van der Waals surface area contributed by atoms with Gasteiger partial charge in [0.1, 0.15) is 12.4 Å². The van der Waals surface area contributed by atoms with Crippen LogP contribution in [0.15, 0.2) is 36.9 Å². The molecule has 1 aromatic carbocycles. The van der Waals surface area contributed by atoms with Crippen molar-refractivity contribution in [2.24, 2.45) is 11.8 Å². The zero-order valence-electron chi connectivity index (χ0n) is 11.0. The summed E-state index contributed by atoms with van der Waals surface area (Å²) in [5.74, 6) is -1.34. The van der Waals surface area contributed by atoms with Crippen LogP contribution in [0.1, 0.15) is 12.0 Å². The Morgan fingerprint density at radius 3 is 2.80 bits per heavy atom. The topological polar surface area (TPSA) is 75.6 Å². The van der Waals surface area contributed by atoms with Gasteiger partial charge in [0.25, 0.3) is 0 Å². The van der Waals surface area contributed by atoms with Crippen molar-refractivity contribution in [1.82, 2.24) is 5.32 Å². The van der Waals surface area contributed by atoms with Gasteiger partial charge >= 0.3 is 5.97 Å². The molecule has 20 heavy (non-hydrogen) atoms. The molecule has 5 nitrogen and oxygen atoms in total. The fraction of sp³-hybridized carbons (Fsp3) is 0.333. The molecule has 2 unspecified atom stereocenters. The first-order valence-corrected chi connectivity index (χ1v) is 6.45. The summed E-state index contributed by atoms with van der Waals surface area (Å²) in [5.41, 5.74) is 0.857. The first kappa shape index (κ1) is 14.1. The van der Waals surface area contributed by atoms with E-state index in [9.17, 15) is 9.59 Å². The molecule has 106 valence electrons. The number of aliphatic carboxylic acids is 1. The molecule has 2 N–H and O–H groups in total. The summed E-state index contributed by atoms with van der Waals surface area (Å²) in [4.78, 5) is 22.5. The van der Waals surface area contributed by atoms with E-state index in [1.807, 2.05) is 24.3 Å². The fourth-order valence-corrected chi connectivity index (χ4v) is 2.01. The number of rotatable bonds is 7. The monoisotopic (exact) mass is 275 g/mol. The lowest BCUT2D eigenvalue weighted by atomic mass is 10.2. The minimum Gasteiger partial charge on any atom is -0.489 e. The fourth-order valence-electron chi connectivity index (χ4n) is 2.01. The molecule has 1 aliphatic rings. The van der Waals surface area contributed by atoms with Crippen LogP contribution in [-0.4, -0.2) is 23.6 Å². The summed E-state index contributed by atoms with van der Waals surface area (Å²) in [6.07, 6.45) is 2.08. The van der Waals surface area contributed by atoms with Gasteiger partial charge in [-0.15, -0.1) is 0 Å². The van der Waals surface area contributed by atoms with Crippen LogP contribution in [0.2, 0.25) is 0 Å². The second kappa shape index (κ2) is 6.23. The first-order chi connectivity index (χ1) is 9.63. The Morgan fingerprint density at radius 1 is 1.40 bits per heavy atom. The van der Waals surface area contributed by atoms with Gasteiger partial charge in [-0.3, -0.25) is 9.59 Å². The molecule has 1 saturated carbocycles. The van der Waals surface area contributed by atoms with Crippen molar-refractivity contribution in [2.45, 2.75) is 13.0 Å². The largest absolute Gasteiger partial charge is 0.489 e. The zero-order chi connectivity index (χ0) is 14.5. The maximum absolute atomic E-state index is 11.8. The highest BCUT2D eigenvalue weighted by molar-refractivity contribution is 5.89. The lowest BCUT2D eigenvalue weighted by Gasteiger charge is -2.10. The zero-order valence-corrected chi connectivity index (χ0v) is 11.0. The van der Waals surface area contributed by atoms with E-state index >= 15 is 0 Å². The Balaban J connectivity index is 1.89. The number of carbonyl (C=O) groups is 2. The number of benzene rings is 1. The molecule has 0 aliphatic heterocycles. The van der Waals surface area contributed by atoms with E-state index < -0.39 is 17.8 Å². The number of carbonyl (C=O) groups excluding carboxylic acids is 1. The smallest absolute Gasteiger partial charge is 0.307 e. The van der Waals surface area contributed by atoms with E-state index in [0.717, 1.165) is 5.56 Å². The highest BCUT2D eigenvalue weighted by Crippen LogP contribution is 2.38. The molecule has 0 saturated heterocycles. The molecular weight excluding hydrogens is 258 g/mol. The van der Waals surface area contributed by atoms with Crippen LogP contribution < -0.4 is 10.1 Å². The van der Waals surface area contributed by atoms with E-state index in [1.54, 1.807) is 6.08 Å².